The highest BCUT2D eigenvalue weighted by atomic mass is 127. The molecule has 0 N–H and O–H groups in total. The molecule has 3 nitrogen and oxygen atoms in total. The Kier molecular flexibility index (Phi) is 3.20. The molecule has 1 unspecified atom stereocenters. The SMILES string of the molecule is O=S1(=O)CCC(Oc2cccc(I)c2)C1. The molecule has 82 valence electrons. The number of ether oxygens (including phenoxy) is 1. The molecule has 1 aromatic carbocycles. The normalized spacial score (nSPS) is 23.9. The third-order valence-corrected chi connectivity index (χ3v) is 4.70. The van der Waals surface area contributed by atoms with Crippen LogP contribution in [0, 0.1) is 3.57 Å². The quantitative estimate of drug-likeness (QED) is 0.773. The predicted octanol–water partition coefficient (Wildman–Crippen LogP) is 1.86. The van der Waals surface area contributed by atoms with Gasteiger partial charge in [0.25, 0.3) is 0 Å². The standard InChI is InChI=1S/C10H11IO3S/c11-8-2-1-3-9(6-8)14-10-4-5-15(12,13)7-10/h1-3,6,10H,4-5,7H2. The molecule has 0 amide bonds. The number of halogens is 1. The first kappa shape index (κ1) is 11.2. The zero-order valence-corrected chi connectivity index (χ0v) is 11.0. The van der Waals surface area contributed by atoms with Crippen molar-refractivity contribution >= 4 is 32.4 Å². The van der Waals surface area contributed by atoms with Crippen LogP contribution in [0.25, 0.3) is 0 Å². The third kappa shape index (κ3) is 3.07. The summed E-state index contributed by atoms with van der Waals surface area (Å²) >= 11 is 2.20. The summed E-state index contributed by atoms with van der Waals surface area (Å²) in [5, 5.41) is 0. The minimum Gasteiger partial charge on any atom is -0.489 e. The summed E-state index contributed by atoms with van der Waals surface area (Å²) in [7, 11) is -2.85. The lowest BCUT2D eigenvalue weighted by Gasteiger charge is -2.11. The second kappa shape index (κ2) is 4.29. The molecule has 1 atom stereocenters. The third-order valence-electron chi connectivity index (χ3n) is 2.29. The van der Waals surface area contributed by atoms with E-state index in [1.54, 1.807) is 0 Å². The van der Waals surface area contributed by atoms with Crippen LogP contribution >= 0.6 is 22.6 Å². The van der Waals surface area contributed by atoms with Gasteiger partial charge in [0.05, 0.1) is 11.5 Å². The molecule has 1 heterocycles. The van der Waals surface area contributed by atoms with E-state index in [1.165, 1.54) is 0 Å². The van der Waals surface area contributed by atoms with Gasteiger partial charge in [0, 0.05) is 3.57 Å². The fourth-order valence-electron chi connectivity index (χ4n) is 1.59. The number of hydrogen-bond acceptors (Lipinski definition) is 3. The molecule has 0 aromatic heterocycles. The van der Waals surface area contributed by atoms with Crippen LogP contribution in [0.1, 0.15) is 6.42 Å². The lowest BCUT2D eigenvalue weighted by molar-refractivity contribution is 0.229. The van der Waals surface area contributed by atoms with Crippen LogP contribution < -0.4 is 4.74 Å². The van der Waals surface area contributed by atoms with Gasteiger partial charge in [0.1, 0.15) is 11.9 Å². The molecule has 1 fully saturated rings. The molecule has 0 bridgehead atoms. The average molecular weight is 338 g/mol. The lowest BCUT2D eigenvalue weighted by Crippen LogP contribution is -2.17. The highest BCUT2D eigenvalue weighted by Crippen LogP contribution is 2.21. The van der Waals surface area contributed by atoms with Crippen molar-refractivity contribution in [2.24, 2.45) is 0 Å². The van der Waals surface area contributed by atoms with E-state index in [0.29, 0.717) is 6.42 Å². The minimum absolute atomic E-state index is 0.151. The van der Waals surface area contributed by atoms with Gasteiger partial charge in [-0.1, -0.05) is 6.07 Å². The topological polar surface area (TPSA) is 43.4 Å². The smallest absolute Gasteiger partial charge is 0.154 e. The average Bonchev–Trinajstić information content (AvgIpc) is 2.45. The Hall–Kier alpha value is -0.300. The van der Waals surface area contributed by atoms with Crippen molar-refractivity contribution in [2.45, 2.75) is 12.5 Å². The second-order valence-electron chi connectivity index (χ2n) is 3.60. The molecule has 0 spiro atoms. The first-order chi connectivity index (χ1) is 7.05. The van der Waals surface area contributed by atoms with Gasteiger partial charge < -0.3 is 4.74 Å². The Morgan fingerprint density at radius 1 is 1.40 bits per heavy atom. The summed E-state index contributed by atoms with van der Waals surface area (Å²) in [5.74, 6) is 1.16. The van der Waals surface area contributed by atoms with Gasteiger partial charge in [-0.2, -0.15) is 0 Å². The van der Waals surface area contributed by atoms with Crippen molar-refractivity contribution < 1.29 is 13.2 Å². The number of hydrogen-bond donors (Lipinski definition) is 0. The fourth-order valence-corrected chi connectivity index (χ4v) is 3.69. The number of rotatable bonds is 2. The second-order valence-corrected chi connectivity index (χ2v) is 7.07. The van der Waals surface area contributed by atoms with Crippen LogP contribution in [0.2, 0.25) is 0 Å². The van der Waals surface area contributed by atoms with E-state index in [9.17, 15) is 8.42 Å². The number of benzene rings is 1. The van der Waals surface area contributed by atoms with Crippen molar-refractivity contribution in [1.29, 1.82) is 0 Å². The summed E-state index contributed by atoms with van der Waals surface area (Å²) in [4.78, 5) is 0. The van der Waals surface area contributed by atoms with Gasteiger partial charge in [-0.15, -0.1) is 0 Å². The zero-order valence-electron chi connectivity index (χ0n) is 8.02. The molecule has 1 aliphatic heterocycles. The molecule has 5 heteroatoms. The largest absolute Gasteiger partial charge is 0.489 e. The number of sulfone groups is 1. The molecule has 2 rings (SSSR count). The molecule has 0 radical (unpaired) electrons. The Morgan fingerprint density at radius 3 is 2.80 bits per heavy atom. The molecule has 1 aliphatic rings. The van der Waals surface area contributed by atoms with E-state index in [2.05, 4.69) is 22.6 Å². The zero-order chi connectivity index (χ0) is 10.9. The summed E-state index contributed by atoms with van der Waals surface area (Å²) in [5.41, 5.74) is 0. The van der Waals surface area contributed by atoms with E-state index < -0.39 is 9.84 Å². The highest BCUT2D eigenvalue weighted by Gasteiger charge is 2.29. The maximum atomic E-state index is 11.2. The molecule has 1 aromatic rings. The van der Waals surface area contributed by atoms with Gasteiger partial charge in [-0.05, 0) is 47.2 Å². The van der Waals surface area contributed by atoms with E-state index in [0.717, 1.165) is 9.32 Å². The summed E-state index contributed by atoms with van der Waals surface area (Å²) < 4.78 is 29.1. The molecular formula is C10H11IO3S. The fraction of sp³-hybridized carbons (Fsp3) is 0.400. The van der Waals surface area contributed by atoms with Gasteiger partial charge in [0.2, 0.25) is 0 Å². The van der Waals surface area contributed by atoms with Crippen molar-refractivity contribution in [2.75, 3.05) is 11.5 Å². The van der Waals surface area contributed by atoms with Crippen LogP contribution in [0.4, 0.5) is 0 Å². The Morgan fingerprint density at radius 2 is 2.20 bits per heavy atom. The minimum atomic E-state index is -2.85. The van der Waals surface area contributed by atoms with E-state index in [1.807, 2.05) is 24.3 Å². The van der Waals surface area contributed by atoms with Crippen LogP contribution in [0.15, 0.2) is 24.3 Å². The molecule has 0 saturated carbocycles. The van der Waals surface area contributed by atoms with Crippen molar-refractivity contribution in [1.82, 2.24) is 0 Å². The maximum absolute atomic E-state index is 11.2. The molecule has 0 aliphatic carbocycles. The molecule has 15 heavy (non-hydrogen) atoms. The summed E-state index contributed by atoms with van der Waals surface area (Å²) in [6.07, 6.45) is 0.432. The summed E-state index contributed by atoms with van der Waals surface area (Å²) in [6.45, 7) is 0. The van der Waals surface area contributed by atoms with E-state index >= 15 is 0 Å². The van der Waals surface area contributed by atoms with Crippen LogP contribution in [-0.4, -0.2) is 26.0 Å². The van der Waals surface area contributed by atoms with Crippen molar-refractivity contribution in [3.8, 4) is 5.75 Å². The molecular weight excluding hydrogens is 327 g/mol. The van der Waals surface area contributed by atoms with E-state index in [-0.39, 0.29) is 17.6 Å². The summed E-state index contributed by atoms with van der Waals surface area (Å²) in [6, 6.07) is 7.64. The van der Waals surface area contributed by atoms with Gasteiger partial charge in [-0.3, -0.25) is 0 Å². The molecule has 1 saturated heterocycles. The van der Waals surface area contributed by atoms with Gasteiger partial charge in [-0.25, -0.2) is 8.42 Å². The van der Waals surface area contributed by atoms with Gasteiger partial charge >= 0.3 is 0 Å². The lowest BCUT2D eigenvalue weighted by atomic mass is 10.3. The van der Waals surface area contributed by atoms with Crippen molar-refractivity contribution in [3.05, 3.63) is 27.8 Å². The first-order valence-electron chi connectivity index (χ1n) is 4.68. The van der Waals surface area contributed by atoms with Crippen LogP contribution in [0.3, 0.4) is 0 Å². The Labute approximate surface area is 103 Å². The van der Waals surface area contributed by atoms with Gasteiger partial charge in [0.15, 0.2) is 9.84 Å². The van der Waals surface area contributed by atoms with Crippen molar-refractivity contribution in [3.63, 3.8) is 0 Å². The first-order valence-corrected chi connectivity index (χ1v) is 7.58. The maximum Gasteiger partial charge on any atom is 0.154 e. The van der Waals surface area contributed by atoms with Crippen LogP contribution in [0.5, 0.6) is 5.75 Å². The Balaban J connectivity index is 2.05. The monoisotopic (exact) mass is 338 g/mol. The van der Waals surface area contributed by atoms with Crippen LogP contribution in [-0.2, 0) is 9.84 Å². The predicted molar refractivity (Wildman–Crippen MR) is 66.8 cm³/mol. The highest BCUT2D eigenvalue weighted by molar-refractivity contribution is 14.1. The Bertz CT molecular complexity index is 455. The van der Waals surface area contributed by atoms with E-state index in [4.69, 9.17) is 4.74 Å².